The monoisotopic (exact) mass is 260 g/mol. The lowest BCUT2D eigenvalue weighted by Gasteiger charge is -2.38. The van der Waals surface area contributed by atoms with E-state index in [9.17, 15) is 4.79 Å². The van der Waals surface area contributed by atoms with Gasteiger partial charge in [-0.2, -0.15) is 0 Å². The Morgan fingerprint density at radius 3 is 2.74 bits per heavy atom. The number of hydrogen-bond donors (Lipinski definition) is 1. The molecule has 2 fully saturated rings. The van der Waals surface area contributed by atoms with Crippen molar-refractivity contribution in [2.75, 3.05) is 20.1 Å². The minimum absolute atomic E-state index is 0.179. The van der Waals surface area contributed by atoms with Gasteiger partial charge in [-0.05, 0) is 30.9 Å². The van der Waals surface area contributed by atoms with Crippen LogP contribution in [0.5, 0.6) is 0 Å². The molecule has 0 radical (unpaired) electrons. The normalized spacial score (nSPS) is 25.8. The third kappa shape index (κ3) is 2.73. The molecule has 1 aromatic rings. The van der Waals surface area contributed by atoms with Gasteiger partial charge < -0.3 is 15.0 Å². The highest BCUT2D eigenvalue weighted by Gasteiger charge is 2.48. The Morgan fingerprint density at radius 2 is 2.11 bits per heavy atom. The minimum atomic E-state index is -0.179. The first-order valence-electron chi connectivity index (χ1n) is 6.91. The maximum atomic E-state index is 11.8. The highest BCUT2D eigenvalue weighted by atomic mass is 16.6. The number of rotatable bonds is 4. The highest BCUT2D eigenvalue weighted by molar-refractivity contribution is 5.68. The van der Waals surface area contributed by atoms with E-state index in [1.807, 2.05) is 37.4 Å². The van der Waals surface area contributed by atoms with Gasteiger partial charge in [-0.1, -0.05) is 30.3 Å². The van der Waals surface area contributed by atoms with Gasteiger partial charge in [0.15, 0.2) is 0 Å². The fourth-order valence-electron chi connectivity index (χ4n) is 2.81. The summed E-state index contributed by atoms with van der Waals surface area (Å²) in [5, 5.41) is 3.29. The van der Waals surface area contributed by atoms with Crippen LogP contribution >= 0.6 is 0 Å². The summed E-state index contributed by atoms with van der Waals surface area (Å²) in [6.45, 7) is 2.08. The molecular formula is C15H20N2O2. The van der Waals surface area contributed by atoms with Crippen LogP contribution in [0, 0.1) is 11.8 Å². The average molecular weight is 260 g/mol. The van der Waals surface area contributed by atoms with E-state index in [0.717, 1.165) is 24.6 Å². The van der Waals surface area contributed by atoms with Gasteiger partial charge in [-0.3, -0.25) is 0 Å². The molecular weight excluding hydrogens is 240 g/mol. The van der Waals surface area contributed by atoms with Gasteiger partial charge in [-0.15, -0.1) is 0 Å². The molecule has 0 bridgehead atoms. The largest absolute Gasteiger partial charge is 0.445 e. The number of hydrogen-bond acceptors (Lipinski definition) is 3. The molecule has 1 saturated carbocycles. The van der Waals surface area contributed by atoms with Crippen molar-refractivity contribution in [3.63, 3.8) is 0 Å². The Labute approximate surface area is 113 Å². The van der Waals surface area contributed by atoms with Crippen LogP contribution < -0.4 is 5.32 Å². The van der Waals surface area contributed by atoms with Crippen LogP contribution in [-0.2, 0) is 11.3 Å². The van der Waals surface area contributed by atoms with Gasteiger partial charge in [0.25, 0.3) is 0 Å². The van der Waals surface area contributed by atoms with E-state index in [4.69, 9.17) is 4.74 Å². The predicted octanol–water partition coefficient (Wildman–Crippen LogP) is 1.86. The maximum absolute atomic E-state index is 11.8. The summed E-state index contributed by atoms with van der Waals surface area (Å²) in [6.07, 6.45) is 1.08. The number of amides is 1. The molecule has 1 aliphatic heterocycles. The molecule has 0 spiro atoms. The first kappa shape index (κ1) is 12.5. The Kier molecular flexibility index (Phi) is 3.42. The first-order chi connectivity index (χ1) is 9.28. The molecule has 4 nitrogen and oxygen atoms in total. The molecule has 2 aliphatic rings. The fraction of sp³-hybridized carbons (Fsp3) is 0.533. The molecule has 2 unspecified atom stereocenters. The summed E-state index contributed by atoms with van der Waals surface area (Å²) in [5.41, 5.74) is 1.03. The van der Waals surface area contributed by atoms with E-state index in [0.29, 0.717) is 18.6 Å². The van der Waals surface area contributed by atoms with Gasteiger partial charge in [0.2, 0.25) is 0 Å². The SMILES string of the molecule is CNC1CC1C1CN(C(=O)OCc2ccccc2)C1. The molecule has 102 valence electrons. The molecule has 1 aromatic carbocycles. The fourth-order valence-corrected chi connectivity index (χ4v) is 2.81. The van der Waals surface area contributed by atoms with Crippen molar-refractivity contribution in [3.05, 3.63) is 35.9 Å². The quantitative estimate of drug-likeness (QED) is 0.898. The van der Waals surface area contributed by atoms with Crippen molar-refractivity contribution in [1.82, 2.24) is 10.2 Å². The Hall–Kier alpha value is -1.55. The summed E-state index contributed by atoms with van der Waals surface area (Å²) in [7, 11) is 2.01. The third-order valence-corrected chi connectivity index (χ3v) is 4.19. The second kappa shape index (κ2) is 5.21. The van der Waals surface area contributed by atoms with Crippen molar-refractivity contribution in [2.45, 2.75) is 19.1 Å². The van der Waals surface area contributed by atoms with Crippen molar-refractivity contribution in [3.8, 4) is 0 Å². The number of benzene rings is 1. The van der Waals surface area contributed by atoms with Crippen molar-refractivity contribution < 1.29 is 9.53 Å². The van der Waals surface area contributed by atoms with Crippen molar-refractivity contribution >= 4 is 6.09 Å². The van der Waals surface area contributed by atoms with Crippen molar-refractivity contribution in [2.24, 2.45) is 11.8 Å². The summed E-state index contributed by atoms with van der Waals surface area (Å²) < 4.78 is 5.31. The van der Waals surface area contributed by atoms with E-state index in [1.165, 1.54) is 6.42 Å². The molecule has 1 aliphatic carbocycles. The van der Waals surface area contributed by atoms with Crippen LogP contribution in [0.1, 0.15) is 12.0 Å². The van der Waals surface area contributed by atoms with Gasteiger partial charge in [0.1, 0.15) is 6.61 Å². The zero-order valence-electron chi connectivity index (χ0n) is 11.2. The maximum Gasteiger partial charge on any atom is 0.410 e. The van der Waals surface area contributed by atoms with Gasteiger partial charge in [0.05, 0.1) is 0 Å². The van der Waals surface area contributed by atoms with E-state index >= 15 is 0 Å². The zero-order valence-corrected chi connectivity index (χ0v) is 11.2. The van der Waals surface area contributed by atoms with Crippen LogP contribution in [0.2, 0.25) is 0 Å². The lowest BCUT2D eigenvalue weighted by Crippen LogP contribution is -2.51. The molecule has 3 rings (SSSR count). The Balaban J connectivity index is 1.39. The van der Waals surface area contributed by atoms with Crippen LogP contribution in [0.25, 0.3) is 0 Å². The second-order valence-corrected chi connectivity index (χ2v) is 5.50. The third-order valence-electron chi connectivity index (χ3n) is 4.19. The Bertz CT molecular complexity index is 443. The highest BCUT2D eigenvalue weighted by Crippen LogP contribution is 2.41. The minimum Gasteiger partial charge on any atom is -0.445 e. The smallest absolute Gasteiger partial charge is 0.410 e. The molecule has 19 heavy (non-hydrogen) atoms. The molecule has 1 amide bonds. The first-order valence-corrected chi connectivity index (χ1v) is 6.91. The summed E-state index contributed by atoms with van der Waals surface area (Å²) in [6, 6.07) is 10.5. The van der Waals surface area contributed by atoms with E-state index in [-0.39, 0.29) is 6.09 Å². The van der Waals surface area contributed by atoms with Crippen LogP contribution in [0.15, 0.2) is 30.3 Å². The summed E-state index contributed by atoms with van der Waals surface area (Å²) in [5.74, 6) is 1.44. The summed E-state index contributed by atoms with van der Waals surface area (Å²) in [4.78, 5) is 13.6. The number of carbonyl (C=O) groups is 1. The Morgan fingerprint density at radius 1 is 1.37 bits per heavy atom. The van der Waals surface area contributed by atoms with Crippen LogP contribution in [-0.4, -0.2) is 37.2 Å². The van der Waals surface area contributed by atoms with Crippen molar-refractivity contribution in [1.29, 1.82) is 0 Å². The topological polar surface area (TPSA) is 41.6 Å². The number of nitrogens with one attached hydrogen (secondary N) is 1. The molecule has 1 saturated heterocycles. The van der Waals surface area contributed by atoms with Gasteiger partial charge >= 0.3 is 6.09 Å². The van der Waals surface area contributed by atoms with E-state index in [1.54, 1.807) is 4.90 Å². The number of ether oxygens (including phenoxy) is 1. The molecule has 2 atom stereocenters. The lowest BCUT2D eigenvalue weighted by atomic mass is 9.95. The number of carbonyl (C=O) groups excluding carboxylic acids is 1. The van der Waals surface area contributed by atoms with E-state index < -0.39 is 0 Å². The van der Waals surface area contributed by atoms with Crippen LogP contribution in [0.3, 0.4) is 0 Å². The van der Waals surface area contributed by atoms with E-state index in [2.05, 4.69) is 5.32 Å². The predicted molar refractivity (Wildman–Crippen MR) is 72.6 cm³/mol. The van der Waals surface area contributed by atoms with Gasteiger partial charge in [0, 0.05) is 19.1 Å². The average Bonchev–Trinajstić information content (AvgIpc) is 3.15. The number of nitrogens with zero attached hydrogens (tertiary/aromatic N) is 1. The van der Waals surface area contributed by atoms with Gasteiger partial charge in [-0.25, -0.2) is 4.79 Å². The summed E-state index contributed by atoms with van der Waals surface area (Å²) >= 11 is 0. The lowest BCUT2D eigenvalue weighted by molar-refractivity contribution is 0.0424. The van der Waals surface area contributed by atoms with Crippen LogP contribution in [0.4, 0.5) is 4.79 Å². The molecule has 0 aromatic heterocycles. The second-order valence-electron chi connectivity index (χ2n) is 5.50. The molecule has 1 N–H and O–H groups in total. The zero-order chi connectivity index (χ0) is 13.2. The number of likely N-dealkylation sites (tertiary alicyclic amines) is 1. The molecule has 4 heteroatoms. The standard InChI is InChI=1S/C15H20N2O2/c1-16-14-7-13(14)12-8-17(9-12)15(18)19-10-11-5-3-2-4-6-11/h2-6,12-14,16H,7-10H2,1H3. The molecule has 1 heterocycles.